The van der Waals surface area contributed by atoms with Crippen LogP contribution in [-0.2, 0) is 6.54 Å². The third-order valence-corrected chi connectivity index (χ3v) is 5.00. The number of anilines is 1. The summed E-state index contributed by atoms with van der Waals surface area (Å²) in [5.41, 5.74) is 3.41. The summed E-state index contributed by atoms with van der Waals surface area (Å²) in [6.07, 6.45) is 3.86. The topological polar surface area (TPSA) is 71.6 Å². The van der Waals surface area contributed by atoms with Gasteiger partial charge in [-0.1, -0.05) is 18.2 Å². The summed E-state index contributed by atoms with van der Waals surface area (Å²) in [4.78, 5) is 11.3. The molecule has 0 atom stereocenters. The molecule has 1 N–H and O–H groups in total. The van der Waals surface area contributed by atoms with Crippen molar-refractivity contribution in [1.29, 1.82) is 0 Å². The lowest BCUT2D eigenvalue weighted by Gasteiger charge is -2.23. The Morgan fingerprint density at radius 3 is 2.85 bits per heavy atom. The Balaban J connectivity index is 1.60. The Kier molecular flexibility index (Phi) is 3.63. The molecule has 2 aromatic heterocycles. The summed E-state index contributed by atoms with van der Waals surface area (Å²) < 4.78 is 11.4. The van der Waals surface area contributed by atoms with Crippen molar-refractivity contribution in [2.24, 2.45) is 0 Å². The highest BCUT2D eigenvalue weighted by molar-refractivity contribution is 6.05. The van der Waals surface area contributed by atoms with E-state index in [9.17, 15) is 5.11 Å². The van der Waals surface area contributed by atoms with Gasteiger partial charge in [0.15, 0.2) is 22.9 Å². The maximum atomic E-state index is 9.86. The van der Waals surface area contributed by atoms with Crippen LogP contribution in [0, 0.1) is 0 Å². The van der Waals surface area contributed by atoms with Gasteiger partial charge in [0.25, 0.3) is 0 Å². The fourth-order valence-electron chi connectivity index (χ4n) is 3.50. The van der Waals surface area contributed by atoms with E-state index in [1.165, 1.54) is 0 Å². The predicted molar refractivity (Wildman–Crippen MR) is 103 cm³/mol. The van der Waals surface area contributed by atoms with E-state index in [0.717, 1.165) is 46.3 Å². The molecular formula is C21H19N3O3. The zero-order chi connectivity index (χ0) is 18.4. The lowest BCUT2D eigenvalue weighted by molar-refractivity contribution is 0.373. The smallest absolute Gasteiger partial charge is 0.196 e. The van der Waals surface area contributed by atoms with Crippen molar-refractivity contribution in [3.8, 4) is 11.5 Å². The van der Waals surface area contributed by atoms with Crippen LogP contribution in [0.2, 0.25) is 0 Å². The number of methoxy groups -OCH3 is 1. The zero-order valence-corrected chi connectivity index (χ0v) is 14.9. The Morgan fingerprint density at radius 2 is 2.04 bits per heavy atom. The summed E-state index contributed by atoms with van der Waals surface area (Å²) in [5.74, 6) is 1.42. The summed E-state index contributed by atoms with van der Waals surface area (Å²) >= 11 is 0. The van der Waals surface area contributed by atoms with Crippen molar-refractivity contribution in [2.45, 2.75) is 25.4 Å². The standard InChI is InChI=1S/C21H19N3O3/c1-26-18-10-13(6-9-16(18)25)11-24(14-7-8-14)21-20-19(22-12-23-21)15-4-2-3-5-17(15)27-20/h2-6,9-10,12,14,25H,7-8,11H2,1H3. The van der Waals surface area contributed by atoms with E-state index in [0.29, 0.717) is 18.3 Å². The average Bonchev–Trinajstić information content (AvgIpc) is 3.47. The van der Waals surface area contributed by atoms with E-state index in [-0.39, 0.29) is 5.75 Å². The summed E-state index contributed by atoms with van der Waals surface area (Å²) in [6, 6.07) is 13.8. The molecule has 0 saturated heterocycles. The molecule has 2 heterocycles. The van der Waals surface area contributed by atoms with Crippen molar-refractivity contribution in [2.75, 3.05) is 12.0 Å². The van der Waals surface area contributed by atoms with Gasteiger partial charge in [-0.05, 0) is 42.7 Å². The first-order chi connectivity index (χ1) is 13.2. The number of furan rings is 1. The lowest BCUT2D eigenvalue weighted by Crippen LogP contribution is -2.26. The van der Waals surface area contributed by atoms with Crippen molar-refractivity contribution in [3.05, 3.63) is 54.4 Å². The highest BCUT2D eigenvalue weighted by Gasteiger charge is 2.32. The minimum atomic E-state index is 0.140. The molecule has 0 spiro atoms. The minimum Gasteiger partial charge on any atom is -0.504 e. The van der Waals surface area contributed by atoms with Crippen LogP contribution in [0.3, 0.4) is 0 Å². The summed E-state index contributed by atoms with van der Waals surface area (Å²) in [7, 11) is 1.56. The Morgan fingerprint density at radius 1 is 1.19 bits per heavy atom. The van der Waals surface area contributed by atoms with E-state index in [4.69, 9.17) is 9.15 Å². The van der Waals surface area contributed by atoms with Gasteiger partial charge < -0.3 is 19.2 Å². The number of fused-ring (bicyclic) bond motifs is 3. The SMILES string of the molecule is COc1cc(CN(c2ncnc3c2oc2ccccc23)C2CC2)ccc1O. The van der Waals surface area contributed by atoms with Gasteiger partial charge >= 0.3 is 0 Å². The molecule has 1 fully saturated rings. The second-order valence-corrected chi connectivity index (χ2v) is 6.84. The van der Waals surface area contributed by atoms with Gasteiger partial charge in [0.2, 0.25) is 0 Å². The second kappa shape index (κ2) is 6.16. The molecule has 1 aliphatic rings. The third-order valence-electron chi connectivity index (χ3n) is 5.00. The number of rotatable bonds is 5. The number of nitrogens with zero attached hydrogens (tertiary/aromatic N) is 3. The summed E-state index contributed by atoms with van der Waals surface area (Å²) in [5, 5.41) is 10.9. The van der Waals surface area contributed by atoms with Crippen molar-refractivity contribution in [3.63, 3.8) is 0 Å². The monoisotopic (exact) mass is 361 g/mol. The molecule has 0 unspecified atom stereocenters. The first-order valence-corrected chi connectivity index (χ1v) is 8.99. The number of para-hydroxylation sites is 1. The van der Waals surface area contributed by atoms with Gasteiger partial charge in [0.05, 0.1) is 7.11 Å². The molecule has 27 heavy (non-hydrogen) atoms. The van der Waals surface area contributed by atoms with Crippen LogP contribution in [0.4, 0.5) is 5.82 Å². The molecule has 5 rings (SSSR count). The number of aromatic hydroxyl groups is 1. The molecule has 0 radical (unpaired) electrons. The molecule has 0 bridgehead atoms. The Hall–Kier alpha value is -3.28. The maximum Gasteiger partial charge on any atom is 0.196 e. The van der Waals surface area contributed by atoms with E-state index in [1.54, 1.807) is 19.5 Å². The van der Waals surface area contributed by atoms with E-state index in [2.05, 4.69) is 14.9 Å². The van der Waals surface area contributed by atoms with Crippen molar-refractivity contribution >= 4 is 27.9 Å². The van der Waals surface area contributed by atoms with Gasteiger partial charge in [-0.15, -0.1) is 0 Å². The average molecular weight is 361 g/mol. The highest BCUT2D eigenvalue weighted by Crippen LogP contribution is 2.38. The van der Waals surface area contributed by atoms with Gasteiger partial charge in [0.1, 0.15) is 17.4 Å². The number of phenolic OH excluding ortho intramolecular Hbond substituents is 1. The van der Waals surface area contributed by atoms with E-state index in [1.807, 2.05) is 36.4 Å². The zero-order valence-electron chi connectivity index (χ0n) is 14.9. The molecule has 1 aliphatic carbocycles. The molecule has 6 nitrogen and oxygen atoms in total. The van der Waals surface area contributed by atoms with E-state index < -0.39 is 0 Å². The van der Waals surface area contributed by atoms with Crippen molar-refractivity contribution < 1.29 is 14.3 Å². The molecule has 0 aliphatic heterocycles. The van der Waals surface area contributed by atoms with Crippen LogP contribution in [0.5, 0.6) is 11.5 Å². The quantitative estimate of drug-likeness (QED) is 0.573. The number of benzene rings is 2. The minimum absolute atomic E-state index is 0.140. The first kappa shape index (κ1) is 15.9. The third kappa shape index (κ3) is 2.73. The first-order valence-electron chi connectivity index (χ1n) is 8.99. The number of hydrogen-bond acceptors (Lipinski definition) is 6. The maximum absolute atomic E-state index is 9.86. The Bertz CT molecular complexity index is 1130. The number of ether oxygens (including phenoxy) is 1. The molecule has 6 heteroatoms. The molecular weight excluding hydrogens is 342 g/mol. The van der Waals surface area contributed by atoms with Crippen LogP contribution in [0.25, 0.3) is 22.1 Å². The van der Waals surface area contributed by atoms with Gasteiger partial charge in [-0.25, -0.2) is 9.97 Å². The molecule has 4 aromatic rings. The van der Waals surface area contributed by atoms with Crippen LogP contribution >= 0.6 is 0 Å². The van der Waals surface area contributed by atoms with Gasteiger partial charge in [0, 0.05) is 18.0 Å². The van der Waals surface area contributed by atoms with Crippen LogP contribution in [0.15, 0.2) is 53.2 Å². The van der Waals surface area contributed by atoms with Crippen LogP contribution in [0.1, 0.15) is 18.4 Å². The number of phenols is 1. The van der Waals surface area contributed by atoms with Gasteiger partial charge in [-0.3, -0.25) is 0 Å². The molecule has 0 amide bonds. The largest absolute Gasteiger partial charge is 0.504 e. The molecule has 136 valence electrons. The number of aromatic nitrogens is 2. The normalized spacial score (nSPS) is 14.0. The highest BCUT2D eigenvalue weighted by atomic mass is 16.5. The molecule has 2 aromatic carbocycles. The molecule has 1 saturated carbocycles. The second-order valence-electron chi connectivity index (χ2n) is 6.84. The number of hydrogen-bond donors (Lipinski definition) is 1. The van der Waals surface area contributed by atoms with Crippen LogP contribution < -0.4 is 9.64 Å². The summed E-state index contributed by atoms with van der Waals surface area (Å²) in [6.45, 7) is 0.657. The fraction of sp³-hybridized carbons (Fsp3) is 0.238. The van der Waals surface area contributed by atoms with Crippen LogP contribution in [-0.4, -0.2) is 28.2 Å². The Labute approximate surface area is 156 Å². The van der Waals surface area contributed by atoms with Gasteiger partial charge in [-0.2, -0.15) is 0 Å². The fourth-order valence-corrected chi connectivity index (χ4v) is 3.50. The van der Waals surface area contributed by atoms with E-state index >= 15 is 0 Å². The lowest BCUT2D eigenvalue weighted by atomic mass is 10.1. The van der Waals surface area contributed by atoms with Crippen molar-refractivity contribution in [1.82, 2.24) is 9.97 Å². The predicted octanol–water partition coefficient (Wildman–Crippen LogP) is 4.26.